The van der Waals surface area contributed by atoms with Crippen LogP contribution < -0.4 is 11.1 Å². The Balaban J connectivity index is 1.75. The monoisotopic (exact) mass is 411 g/mol. The molecule has 2 atom stereocenters. The summed E-state index contributed by atoms with van der Waals surface area (Å²) in [5, 5.41) is 14.1. The van der Waals surface area contributed by atoms with Crippen molar-refractivity contribution < 1.29 is 14.2 Å². The molecule has 158 valence electrons. The van der Waals surface area contributed by atoms with Gasteiger partial charge in [0, 0.05) is 30.3 Å². The molecule has 3 aromatic rings. The van der Waals surface area contributed by atoms with Crippen LogP contribution in [0, 0.1) is 5.82 Å². The highest BCUT2D eigenvalue weighted by Crippen LogP contribution is 2.32. The van der Waals surface area contributed by atoms with Gasteiger partial charge in [0.25, 0.3) is 0 Å². The molecule has 0 aliphatic carbocycles. The van der Waals surface area contributed by atoms with Crippen molar-refractivity contribution in [1.29, 1.82) is 0 Å². The highest BCUT2D eigenvalue weighted by Gasteiger charge is 2.24. The third-order valence-electron chi connectivity index (χ3n) is 5.45. The number of hydrogen-bond acceptors (Lipinski definition) is 7. The highest BCUT2D eigenvalue weighted by atomic mass is 19.1. The minimum Gasteiger partial charge on any atom is -0.389 e. The fourth-order valence-corrected chi connectivity index (χ4v) is 3.94. The van der Waals surface area contributed by atoms with Crippen molar-refractivity contribution in [1.82, 2.24) is 15.0 Å². The van der Waals surface area contributed by atoms with Gasteiger partial charge < -0.3 is 20.9 Å². The number of anilines is 1. The van der Waals surface area contributed by atoms with E-state index in [0.29, 0.717) is 25.1 Å². The van der Waals surface area contributed by atoms with E-state index < -0.39 is 11.9 Å². The second-order valence-electron chi connectivity index (χ2n) is 7.86. The molecule has 0 bridgehead atoms. The maximum atomic E-state index is 14.7. The van der Waals surface area contributed by atoms with E-state index in [2.05, 4.69) is 34.1 Å². The van der Waals surface area contributed by atoms with Gasteiger partial charge in [-0.15, -0.1) is 0 Å². The molecule has 3 heterocycles. The number of aliphatic hydroxyl groups is 1. The standard InChI is InChI=1S/C22H26FN5O2/c1-12(2)20-14(8-24)9-25-17-4-3-13(7-15(17)20)21-16(23)10-26-22(28-21)27-18-5-6-30-11-19(18)29/h3-4,7,9-10,12,18-19,29H,5-6,8,11,24H2,1-2H3,(H,26,27,28)/t18-,19+/m1/s1. The molecule has 0 radical (unpaired) electrons. The fraction of sp³-hybridized carbons (Fsp3) is 0.409. The minimum atomic E-state index is -0.661. The van der Waals surface area contributed by atoms with E-state index in [-0.39, 0.29) is 30.2 Å². The third-order valence-corrected chi connectivity index (χ3v) is 5.45. The number of rotatable bonds is 5. The quantitative estimate of drug-likeness (QED) is 0.593. The van der Waals surface area contributed by atoms with Crippen molar-refractivity contribution in [2.45, 2.75) is 44.9 Å². The van der Waals surface area contributed by atoms with Crippen LogP contribution in [0.5, 0.6) is 0 Å². The molecule has 0 amide bonds. The van der Waals surface area contributed by atoms with Gasteiger partial charge in [0.15, 0.2) is 5.82 Å². The number of halogens is 1. The Hall–Kier alpha value is -2.68. The molecule has 4 rings (SSSR count). The van der Waals surface area contributed by atoms with E-state index in [0.717, 1.165) is 28.2 Å². The fourth-order valence-electron chi connectivity index (χ4n) is 3.94. The molecular weight excluding hydrogens is 385 g/mol. The zero-order valence-corrected chi connectivity index (χ0v) is 17.1. The van der Waals surface area contributed by atoms with Gasteiger partial charge in [0.05, 0.1) is 30.5 Å². The van der Waals surface area contributed by atoms with Crippen molar-refractivity contribution >= 4 is 16.9 Å². The number of nitrogens with two attached hydrogens (primary N) is 1. The van der Waals surface area contributed by atoms with Gasteiger partial charge in [-0.2, -0.15) is 0 Å². The van der Waals surface area contributed by atoms with Gasteiger partial charge in [-0.1, -0.05) is 19.9 Å². The average molecular weight is 411 g/mol. The van der Waals surface area contributed by atoms with Gasteiger partial charge in [0.2, 0.25) is 5.95 Å². The number of nitrogens with one attached hydrogen (secondary N) is 1. The molecule has 4 N–H and O–H groups in total. The summed E-state index contributed by atoms with van der Waals surface area (Å²) in [6, 6.07) is 5.35. The molecule has 2 aromatic heterocycles. The van der Waals surface area contributed by atoms with Crippen LogP contribution in [-0.2, 0) is 11.3 Å². The lowest BCUT2D eigenvalue weighted by Crippen LogP contribution is -2.42. The smallest absolute Gasteiger partial charge is 0.223 e. The normalized spacial score (nSPS) is 19.4. The van der Waals surface area contributed by atoms with Gasteiger partial charge >= 0.3 is 0 Å². The molecule has 0 saturated carbocycles. The first-order chi connectivity index (χ1) is 14.5. The molecule has 8 heteroatoms. The molecule has 1 aromatic carbocycles. The van der Waals surface area contributed by atoms with Crippen LogP contribution in [0.1, 0.15) is 37.3 Å². The molecule has 1 aliphatic heterocycles. The topological polar surface area (TPSA) is 106 Å². The number of aliphatic hydroxyl groups excluding tert-OH is 1. The number of hydrogen-bond donors (Lipinski definition) is 3. The summed E-state index contributed by atoms with van der Waals surface area (Å²) < 4.78 is 19.9. The zero-order valence-electron chi connectivity index (χ0n) is 17.1. The van der Waals surface area contributed by atoms with Crippen LogP contribution in [0.15, 0.2) is 30.6 Å². The van der Waals surface area contributed by atoms with Crippen LogP contribution in [0.4, 0.5) is 10.3 Å². The maximum Gasteiger partial charge on any atom is 0.223 e. The number of aromatic nitrogens is 3. The molecule has 7 nitrogen and oxygen atoms in total. The molecule has 1 fully saturated rings. The van der Waals surface area contributed by atoms with Crippen LogP contribution >= 0.6 is 0 Å². The first kappa shape index (κ1) is 20.6. The summed E-state index contributed by atoms with van der Waals surface area (Å²) in [4.78, 5) is 12.9. The van der Waals surface area contributed by atoms with Crippen molar-refractivity contribution in [3.63, 3.8) is 0 Å². The second-order valence-corrected chi connectivity index (χ2v) is 7.86. The molecular formula is C22H26FN5O2. The van der Waals surface area contributed by atoms with Crippen molar-refractivity contribution in [2.75, 3.05) is 18.5 Å². The van der Waals surface area contributed by atoms with Crippen molar-refractivity contribution in [2.24, 2.45) is 5.73 Å². The lowest BCUT2D eigenvalue weighted by Gasteiger charge is -2.28. The number of nitrogens with zero attached hydrogens (tertiary/aromatic N) is 3. The number of fused-ring (bicyclic) bond motifs is 1. The van der Waals surface area contributed by atoms with Gasteiger partial charge in [0.1, 0.15) is 5.69 Å². The van der Waals surface area contributed by atoms with Gasteiger partial charge in [-0.3, -0.25) is 4.98 Å². The third kappa shape index (κ3) is 3.98. The molecule has 0 unspecified atom stereocenters. The second kappa shape index (κ2) is 8.59. The Morgan fingerprint density at radius 3 is 2.87 bits per heavy atom. The summed E-state index contributed by atoms with van der Waals surface area (Å²) in [5.41, 5.74) is 9.67. The van der Waals surface area contributed by atoms with E-state index in [1.807, 2.05) is 18.3 Å². The lowest BCUT2D eigenvalue weighted by molar-refractivity contribution is -0.0136. The lowest BCUT2D eigenvalue weighted by atomic mass is 9.93. The van der Waals surface area contributed by atoms with Crippen LogP contribution in [0.2, 0.25) is 0 Å². The van der Waals surface area contributed by atoms with E-state index in [1.165, 1.54) is 0 Å². The summed E-state index contributed by atoms with van der Waals surface area (Å²) in [7, 11) is 0. The Morgan fingerprint density at radius 1 is 1.30 bits per heavy atom. The van der Waals surface area contributed by atoms with Crippen LogP contribution in [0.3, 0.4) is 0 Å². The predicted octanol–water partition coefficient (Wildman–Crippen LogP) is 2.97. The molecule has 0 spiro atoms. The Kier molecular flexibility index (Phi) is 5.90. The summed E-state index contributed by atoms with van der Waals surface area (Å²) in [6.45, 7) is 5.40. The van der Waals surface area contributed by atoms with Crippen LogP contribution in [0.25, 0.3) is 22.2 Å². The Bertz CT molecular complexity index is 1060. The van der Waals surface area contributed by atoms with Crippen LogP contribution in [-0.4, -0.2) is 45.4 Å². The maximum absolute atomic E-state index is 14.7. The van der Waals surface area contributed by atoms with E-state index in [4.69, 9.17) is 10.5 Å². The number of benzene rings is 1. The molecule has 1 saturated heterocycles. The zero-order chi connectivity index (χ0) is 21.3. The Labute approximate surface area is 174 Å². The summed E-state index contributed by atoms with van der Waals surface area (Å²) >= 11 is 0. The summed E-state index contributed by atoms with van der Waals surface area (Å²) in [5.74, 6) is 0.00334. The minimum absolute atomic E-state index is 0.198. The van der Waals surface area contributed by atoms with E-state index >= 15 is 0 Å². The van der Waals surface area contributed by atoms with E-state index in [1.54, 1.807) is 6.07 Å². The first-order valence-corrected chi connectivity index (χ1v) is 10.1. The number of ether oxygens (including phenoxy) is 1. The average Bonchev–Trinajstić information content (AvgIpc) is 2.75. The summed E-state index contributed by atoms with van der Waals surface area (Å²) in [6.07, 6.45) is 2.92. The SMILES string of the molecule is CC(C)c1c(CN)cnc2ccc(-c3nc(N[C@@H]4CCOC[C@@H]4O)ncc3F)cc12. The molecule has 30 heavy (non-hydrogen) atoms. The largest absolute Gasteiger partial charge is 0.389 e. The van der Waals surface area contributed by atoms with Gasteiger partial charge in [-0.25, -0.2) is 14.4 Å². The van der Waals surface area contributed by atoms with Gasteiger partial charge in [-0.05, 0) is 35.6 Å². The first-order valence-electron chi connectivity index (χ1n) is 10.1. The van der Waals surface area contributed by atoms with Crippen molar-refractivity contribution in [3.8, 4) is 11.3 Å². The predicted molar refractivity (Wildman–Crippen MR) is 114 cm³/mol. The number of pyridine rings is 1. The van der Waals surface area contributed by atoms with E-state index in [9.17, 15) is 9.50 Å². The highest BCUT2D eigenvalue weighted by molar-refractivity contribution is 5.88. The molecule has 1 aliphatic rings. The van der Waals surface area contributed by atoms with Crippen molar-refractivity contribution in [3.05, 3.63) is 47.5 Å². The Morgan fingerprint density at radius 2 is 2.13 bits per heavy atom.